The lowest BCUT2D eigenvalue weighted by atomic mass is 10.2. The molecule has 9 heteroatoms. The second kappa shape index (κ2) is 8.83. The highest BCUT2D eigenvalue weighted by atomic mass is 32.2. The molecule has 0 heterocycles. The fourth-order valence-corrected chi connectivity index (χ4v) is 2.43. The Labute approximate surface area is 125 Å². The molecule has 0 aliphatic heterocycles. The standard InChI is InChI=1S/C12H24N2O6S/c1-12(2,3)20-11(17)13-7-5-8-14-21(18,19)9-4-6-10(15)16/h14H,4-9H2,1-3H3,(H,13,17)(H,15,16). The van der Waals surface area contributed by atoms with Gasteiger partial charge >= 0.3 is 12.1 Å². The van der Waals surface area contributed by atoms with Crippen molar-refractivity contribution in [1.82, 2.24) is 10.0 Å². The third kappa shape index (κ3) is 13.4. The van der Waals surface area contributed by atoms with Gasteiger partial charge in [-0.1, -0.05) is 0 Å². The third-order valence-corrected chi connectivity index (χ3v) is 3.62. The number of hydrogen-bond acceptors (Lipinski definition) is 5. The quantitative estimate of drug-likeness (QED) is 0.536. The van der Waals surface area contributed by atoms with E-state index in [2.05, 4.69) is 10.0 Å². The number of nitrogens with one attached hydrogen (secondary N) is 2. The third-order valence-electron chi connectivity index (χ3n) is 2.15. The monoisotopic (exact) mass is 324 g/mol. The van der Waals surface area contributed by atoms with E-state index >= 15 is 0 Å². The number of alkyl carbamates (subject to hydrolysis) is 1. The Morgan fingerprint density at radius 1 is 1.14 bits per heavy atom. The van der Waals surface area contributed by atoms with E-state index in [1.54, 1.807) is 20.8 Å². The minimum absolute atomic E-state index is 0.0703. The molecule has 0 unspecified atom stereocenters. The number of carboxylic acid groups (broad SMARTS) is 1. The van der Waals surface area contributed by atoms with Crippen molar-refractivity contribution in [2.75, 3.05) is 18.8 Å². The van der Waals surface area contributed by atoms with Gasteiger partial charge < -0.3 is 15.2 Å². The van der Waals surface area contributed by atoms with Crippen molar-refractivity contribution in [2.24, 2.45) is 0 Å². The van der Waals surface area contributed by atoms with Crippen molar-refractivity contribution >= 4 is 22.1 Å². The SMILES string of the molecule is CC(C)(C)OC(=O)NCCCNS(=O)(=O)CCCC(=O)O. The molecule has 0 spiro atoms. The second-order valence-electron chi connectivity index (χ2n) is 5.49. The van der Waals surface area contributed by atoms with Crippen LogP contribution < -0.4 is 10.0 Å². The molecule has 3 N–H and O–H groups in total. The Bertz CT molecular complexity index is 441. The molecule has 0 aromatic rings. The van der Waals surface area contributed by atoms with Crippen LogP contribution in [0.25, 0.3) is 0 Å². The van der Waals surface area contributed by atoms with E-state index in [4.69, 9.17) is 9.84 Å². The number of sulfonamides is 1. The molecule has 21 heavy (non-hydrogen) atoms. The van der Waals surface area contributed by atoms with Gasteiger partial charge in [-0.25, -0.2) is 17.9 Å². The number of hydrogen-bond donors (Lipinski definition) is 3. The molecule has 0 saturated heterocycles. The molecule has 0 aliphatic rings. The highest BCUT2D eigenvalue weighted by molar-refractivity contribution is 7.89. The van der Waals surface area contributed by atoms with Crippen LogP contribution in [0.15, 0.2) is 0 Å². The molecule has 0 aromatic heterocycles. The van der Waals surface area contributed by atoms with Gasteiger partial charge in [0.1, 0.15) is 5.60 Å². The van der Waals surface area contributed by atoms with Crippen LogP contribution in [0.1, 0.15) is 40.0 Å². The first-order valence-electron chi connectivity index (χ1n) is 6.68. The maximum absolute atomic E-state index is 11.5. The maximum Gasteiger partial charge on any atom is 0.407 e. The van der Waals surface area contributed by atoms with Crippen LogP contribution in [0.3, 0.4) is 0 Å². The fraction of sp³-hybridized carbons (Fsp3) is 0.833. The van der Waals surface area contributed by atoms with Gasteiger partial charge in [0.15, 0.2) is 0 Å². The van der Waals surface area contributed by atoms with Crippen molar-refractivity contribution < 1.29 is 27.9 Å². The normalized spacial score (nSPS) is 12.0. The maximum atomic E-state index is 11.5. The highest BCUT2D eigenvalue weighted by Crippen LogP contribution is 2.06. The Balaban J connectivity index is 3.75. The molecule has 0 aromatic carbocycles. The zero-order valence-corrected chi connectivity index (χ0v) is 13.5. The van der Waals surface area contributed by atoms with E-state index < -0.39 is 27.7 Å². The predicted molar refractivity (Wildman–Crippen MR) is 77.5 cm³/mol. The first-order chi connectivity index (χ1) is 9.52. The Kier molecular flexibility index (Phi) is 8.26. The molecule has 0 aliphatic carbocycles. The van der Waals surface area contributed by atoms with Crippen LogP contribution in [0.5, 0.6) is 0 Å². The predicted octanol–water partition coefficient (Wildman–Crippen LogP) is 0.685. The molecular formula is C12H24N2O6S. The smallest absolute Gasteiger partial charge is 0.407 e. The molecule has 0 radical (unpaired) electrons. The van der Waals surface area contributed by atoms with E-state index in [9.17, 15) is 18.0 Å². The summed E-state index contributed by atoms with van der Waals surface area (Å²) in [7, 11) is -3.46. The average Bonchev–Trinajstić information content (AvgIpc) is 2.24. The second-order valence-corrected chi connectivity index (χ2v) is 7.42. The van der Waals surface area contributed by atoms with E-state index in [0.29, 0.717) is 6.42 Å². The summed E-state index contributed by atoms with van der Waals surface area (Å²) < 4.78 is 30.3. The summed E-state index contributed by atoms with van der Waals surface area (Å²) in [4.78, 5) is 21.6. The molecule has 8 nitrogen and oxygen atoms in total. The number of carbonyl (C=O) groups is 2. The lowest BCUT2D eigenvalue weighted by Gasteiger charge is -2.19. The minimum Gasteiger partial charge on any atom is -0.481 e. The van der Waals surface area contributed by atoms with Crippen LogP contribution in [-0.4, -0.2) is 50.0 Å². The Morgan fingerprint density at radius 3 is 2.29 bits per heavy atom. The fourth-order valence-electron chi connectivity index (χ4n) is 1.31. The van der Waals surface area contributed by atoms with Crippen LogP contribution in [0.4, 0.5) is 4.79 Å². The lowest BCUT2D eigenvalue weighted by molar-refractivity contribution is -0.137. The topological polar surface area (TPSA) is 122 Å². The summed E-state index contributed by atoms with van der Waals surface area (Å²) >= 11 is 0. The molecule has 0 atom stereocenters. The number of ether oxygens (including phenoxy) is 1. The number of aliphatic carboxylic acids is 1. The van der Waals surface area contributed by atoms with Gasteiger partial charge in [0, 0.05) is 19.5 Å². The summed E-state index contributed by atoms with van der Waals surface area (Å²) in [6.45, 7) is 5.70. The van der Waals surface area contributed by atoms with Crippen LogP contribution in [0, 0.1) is 0 Å². The van der Waals surface area contributed by atoms with Crippen LogP contribution in [0.2, 0.25) is 0 Å². The van der Waals surface area contributed by atoms with Gasteiger partial charge in [0.05, 0.1) is 5.75 Å². The average molecular weight is 324 g/mol. The zero-order valence-electron chi connectivity index (χ0n) is 12.6. The van der Waals surface area contributed by atoms with Gasteiger partial charge in [0.2, 0.25) is 10.0 Å². The number of carboxylic acids is 1. The van der Waals surface area contributed by atoms with Crippen LogP contribution in [-0.2, 0) is 19.6 Å². The van der Waals surface area contributed by atoms with E-state index in [1.165, 1.54) is 0 Å². The molecule has 0 fully saturated rings. The number of carbonyl (C=O) groups excluding carboxylic acids is 1. The van der Waals surface area contributed by atoms with E-state index in [1.807, 2.05) is 0 Å². The van der Waals surface area contributed by atoms with Gasteiger partial charge in [-0.2, -0.15) is 0 Å². The first-order valence-corrected chi connectivity index (χ1v) is 8.33. The summed E-state index contributed by atoms with van der Waals surface area (Å²) in [6.07, 6.45) is -0.244. The van der Waals surface area contributed by atoms with Crippen LogP contribution >= 0.6 is 0 Å². The molecular weight excluding hydrogens is 300 g/mol. The largest absolute Gasteiger partial charge is 0.481 e. The van der Waals surface area contributed by atoms with Gasteiger partial charge in [0.25, 0.3) is 0 Å². The highest BCUT2D eigenvalue weighted by Gasteiger charge is 2.15. The Hall–Kier alpha value is -1.35. The summed E-state index contributed by atoms with van der Waals surface area (Å²) in [5, 5.41) is 10.9. The summed E-state index contributed by atoms with van der Waals surface area (Å²) in [5.74, 6) is -1.24. The first kappa shape index (κ1) is 19.7. The minimum atomic E-state index is -3.46. The molecule has 124 valence electrons. The van der Waals surface area contributed by atoms with Crippen molar-refractivity contribution in [3.63, 3.8) is 0 Å². The van der Waals surface area contributed by atoms with Gasteiger partial charge in [-0.05, 0) is 33.6 Å². The molecule has 0 bridgehead atoms. The number of rotatable bonds is 9. The van der Waals surface area contributed by atoms with Crippen molar-refractivity contribution in [2.45, 2.75) is 45.6 Å². The molecule has 0 rings (SSSR count). The molecule has 1 amide bonds. The van der Waals surface area contributed by atoms with Crippen molar-refractivity contribution in [3.05, 3.63) is 0 Å². The van der Waals surface area contributed by atoms with Gasteiger partial charge in [-0.15, -0.1) is 0 Å². The summed E-state index contributed by atoms with van der Waals surface area (Å²) in [5.41, 5.74) is -0.574. The lowest BCUT2D eigenvalue weighted by Crippen LogP contribution is -2.34. The van der Waals surface area contributed by atoms with Crippen molar-refractivity contribution in [3.8, 4) is 0 Å². The molecule has 0 saturated carbocycles. The van der Waals surface area contributed by atoms with E-state index in [0.717, 1.165) is 0 Å². The summed E-state index contributed by atoms with van der Waals surface area (Å²) in [6, 6.07) is 0. The number of amides is 1. The van der Waals surface area contributed by atoms with Crippen molar-refractivity contribution in [1.29, 1.82) is 0 Å². The zero-order chi connectivity index (χ0) is 16.5. The van der Waals surface area contributed by atoms with E-state index in [-0.39, 0.29) is 31.7 Å². The van der Waals surface area contributed by atoms with Gasteiger partial charge in [-0.3, -0.25) is 4.79 Å². The Morgan fingerprint density at radius 2 is 1.76 bits per heavy atom.